The Bertz CT molecular complexity index is 447. The van der Waals surface area contributed by atoms with Gasteiger partial charge in [-0.15, -0.1) is 0 Å². The van der Waals surface area contributed by atoms with Crippen molar-refractivity contribution < 1.29 is 4.74 Å². The summed E-state index contributed by atoms with van der Waals surface area (Å²) in [4.78, 5) is 12.0. The predicted molar refractivity (Wildman–Crippen MR) is 60.5 cm³/mol. The summed E-state index contributed by atoms with van der Waals surface area (Å²) in [7, 11) is 0. The van der Waals surface area contributed by atoms with Crippen LogP contribution >= 0.6 is 0 Å². The Morgan fingerprint density at radius 1 is 1.38 bits per heavy atom. The summed E-state index contributed by atoms with van der Waals surface area (Å²) in [5.41, 5.74) is 0. The molecule has 16 heavy (non-hydrogen) atoms. The van der Waals surface area contributed by atoms with Crippen LogP contribution in [0.3, 0.4) is 0 Å². The molecule has 0 unspecified atom stereocenters. The lowest BCUT2D eigenvalue weighted by Crippen LogP contribution is -2.00. The van der Waals surface area contributed by atoms with E-state index in [1.807, 2.05) is 19.1 Å². The van der Waals surface area contributed by atoms with E-state index >= 15 is 0 Å². The van der Waals surface area contributed by atoms with Crippen LogP contribution in [0.1, 0.15) is 6.92 Å². The number of nitrogens with zero attached hydrogens (tertiary/aromatic N) is 3. The Morgan fingerprint density at radius 3 is 3.06 bits per heavy atom. The highest BCUT2D eigenvalue weighted by atomic mass is 16.5. The summed E-state index contributed by atoms with van der Waals surface area (Å²) < 4.78 is 5.51. The van der Waals surface area contributed by atoms with Gasteiger partial charge in [0.05, 0.1) is 6.20 Å². The molecule has 82 valence electrons. The Balaban J connectivity index is 2.12. The molecule has 0 aliphatic heterocycles. The van der Waals surface area contributed by atoms with Gasteiger partial charge in [0.1, 0.15) is 17.9 Å². The molecule has 5 heteroatoms. The summed E-state index contributed by atoms with van der Waals surface area (Å²) in [5.74, 6) is 1.90. The highest BCUT2D eigenvalue weighted by Crippen LogP contribution is 2.18. The lowest BCUT2D eigenvalue weighted by Gasteiger charge is -2.05. The smallest absolute Gasteiger partial charge is 0.224 e. The van der Waals surface area contributed by atoms with Gasteiger partial charge in [-0.1, -0.05) is 0 Å². The Morgan fingerprint density at radius 2 is 2.31 bits per heavy atom. The zero-order valence-corrected chi connectivity index (χ0v) is 8.92. The maximum atomic E-state index is 5.51. The largest absolute Gasteiger partial charge is 0.437 e. The first-order valence-corrected chi connectivity index (χ1v) is 5.02. The van der Waals surface area contributed by atoms with Crippen molar-refractivity contribution >= 4 is 5.82 Å². The van der Waals surface area contributed by atoms with Crippen molar-refractivity contribution in [3.8, 4) is 11.6 Å². The number of rotatable bonds is 4. The molecular weight excluding hydrogens is 204 g/mol. The van der Waals surface area contributed by atoms with Gasteiger partial charge < -0.3 is 10.1 Å². The minimum absolute atomic E-state index is 0.499. The van der Waals surface area contributed by atoms with Crippen molar-refractivity contribution in [3.05, 3.63) is 36.9 Å². The van der Waals surface area contributed by atoms with Crippen LogP contribution in [0, 0.1) is 0 Å². The topological polar surface area (TPSA) is 59.9 Å². The molecule has 2 aromatic heterocycles. The molecule has 0 fully saturated rings. The summed E-state index contributed by atoms with van der Waals surface area (Å²) in [6.45, 7) is 2.81. The number of hydrogen-bond donors (Lipinski definition) is 1. The second-order valence-corrected chi connectivity index (χ2v) is 3.06. The second kappa shape index (κ2) is 5.06. The van der Waals surface area contributed by atoms with Gasteiger partial charge in [-0.25, -0.2) is 9.97 Å². The van der Waals surface area contributed by atoms with Crippen LogP contribution in [-0.2, 0) is 0 Å². The van der Waals surface area contributed by atoms with Crippen molar-refractivity contribution in [1.29, 1.82) is 0 Å². The number of pyridine rings is 1. The van der Waals surface area contributed by atoms with E-state index in [9.17, 15) is 0 Å². The minimum Gasteiger partial charge on any atom is -0.437 e. The first kappa shape index (κ1) is 10.4. The molecule has 0 radical (unpaired) electrons. The quantitative estimate of drug-likeness (QED) is 0.848. The van der Waals surface area contributed by atoms with E-state index in [4.69, 9.17) is 4.74 Å². The van der Waals surface area contributed by atoms with E-state index in [0.29, 0.717) is 11.6 Å². The molecule has 2 aromatic rings. The normalized spacial score (nSPS) is 9.81. The van der Waals surface area contributed by atoms with E-state index in [1.165, 1.54) is 6.33 Å². The van der Waals surface area contributed by atoms with Crippen molar-refractivity contribution in [2.45, 2.75) is 6.92 Å². The number of anilines is 1. The molecule has 0 amide bonds. The first-order chi connectivity index (χ1) is 7.88. The van der Waals surface area contributed by atoms with Crippen LogP contribution in [0.5, 0.6) is 11.6 Å². The van der Waals surface area contributed by atoms with Gasteiger partial charge in [-0.2, -0.15) is 0 Å². The number of nitrogens with one attached hydrogen (secondary N) is 1. The van der Waals surface area contributed by atoms with Gasteiger partial charge in [-0.3, -0.25) is 4.98 Å². The van der Waals surface area contributed by atoms with Gasteiger partial charge in [0, 0.05) is 18.8 Å². The van der Waals surface area contributed by atoms with Crippen molar-refractivity contribution in [2.24, 2.45) is 0 Å². The van der Waals surface area contributed by atoms with E-state index in [1.54, 1.807) is 18.5 Å². The molecule has 0 aromatic carbocycles. The molecule has 0 spiro atoms. The lowest BCUT2D eigenvalue weighted by molar-refractivity contribution is 0.459. The maximum Gasteiger partial charge on any atom is 0.224 e. The monoisotopic (exact) mass is 216 g/mol. The summed E-state index contributed by atoms with van der Waals surface area (Å²) in [5, 5.41) is 3.09. The standard InChI is InChI=1S/C11H12N4O/c1-2-13-10-6-11(15-8-14-10)16-9-4-3-5-12-7-9/h3-8H,2H2,1H3,(H,13,14,15). The summed E-state index contributed by atoms with van der Waals surface area (Å²) >= 11 is 0. The molecule has 0 atom stereocenters. The third kappa shape index (κ3) is 2.66. The highest BCUT2D eigenvalue weighted by Gasteiger charge is 2.00. The number of hydrogen-bond acceptors (Lipinski definition) is 5. The van der Waals surface area contributed by atoms with Crippen LogP contribution in [0.15, 0.2) is 36.9 Å². The molecule has 0 aliphatic carbocycles. The maximum absolute atomic E-state index is 5.51. The predicted octanol–water partition coefficient (Wildman–Crippen LogP) is 2.10. The van der Waals surface area contributed by atoms with Crippen LogP contribution in [0.2, 0.25) is 0 Å². The molecule has 0 saturated heterocycles. The van der Waals surface area contributed by atoms with Gasteiger partial charge in [-0.05, 0) is 19.1 Å². The van der Waals surface area contributed by atoms with Crippen molar-refractivity contribution in [3.63, 3.8) is 0 Å². The van der Waals surface area contributed by atoms with Crippen molar-refractivity contribution in [1.82, 2.24) is 15.0 Å². The Labute approximate surface area is 93.5 Å². The van der Waals surface area contributed by atoms with Crippen molar-refractivity contribution in [2.75, 3.05) is 11.9 Å². The van der Waals surface area contributed by atoms with Gasteiger partial charge in [0.2, 0.25) is 5.88 Å². The third-order valence-electron chi connectivity index (χ3n) is 1.86. The fourth-order valence-corrected chi connectivity index (χ4v) is 1.20. The van der Waals surface area contributed by atoms with Crippen LogP contribution in [-0.4, -0.2) is 21.5 Å². The average Bonchev–Trinajstić information content (AvgIpc) is 2.31. The fourth-order valence-electron chi connectivity index (χ4n) is 1.20. The fraction of sp³-hybridized carbons (Fsp3) is 0.182. The molecule has 2 heterocycles. The summed E-state index contributed by atoms with van der Waals surface area (Å²) in [6, 6.07) is 5.38. The zero-order valence-electron chi connectivity index (χ0n) is 8.92. The minimum atomic E-state index is 0.499. The zero-order chi connectivity index (χ0) is 11.2. The molecule has 0 aliphatic rings. The van der Waals surface area contributed by atoms with E-state index < -0.39 is 0 Å². The average molecular weight is 216 g/mol. The van der Waals surface area contributed by atoms with Crippen LogP contribution < -0.4 is 10.1 Å². The Hall–Kier alpha value is -2.17. The molecule has 0 saturated carbocycles. The Kier molecular flexibility index (Phi) is 3.28. The van der Waals surface area contributed by atoms with E-state index in [0.717, 1.165) is 12.4 Å². The second-order valence-electron chi connectivity index (χ2n) is 3.06. The molecule has 1 N–H and O–H groups in total. The highest BCUT2D eigenvalue weighted by molar-refractivity contribution is 5.38. The van der Waals surface area contributed by atoms with Crippen LogP contribution in [0.4, 0.5) is 5.82 Å². The molecule has 5 nitrogen and oxygen atoms in total. The number of aromatic nitrogens is 3. The van der Waals surface area contributed by atoms with Gasteiger partial charge >= 0.3 is 0 Å². The molecule has 2 rings (SSSR count). The van der Waals surface area contributed by atoms with Gasteiger partial charge in [0.15, 0.2) is 0 Å². The van der Waals surface area contributed by atoms with E-state index in [-0.39, 0.29) is 0 Å². The third-order valence-corrected chi connectivity index (χ3v) is 1.86. The number of ether oxygens (including phenoxy) is 1. The summed E-state index contributed by atoms with van der Waals surface area (Å²) in [6.07, 6.45) is 4.79. The van der Waals surface area contributed by atoms with Gasteiger partial charge in [0.25, 0.3) is 0 Å². The first-order valence-electron chi connectivity index (χ1n) is 5.02. The SMILES string of the molecule is CCNc1cc(Oc2cccnc2)ncn1. The van der Waals surface area contributed by atoms with E-state index in [2.05, 4.69) is 20.3 Å². The lowest BCUT2D eigenvalue weighted by atomic mass is 10.4. The molecule has 0 bridgehead atoms. The molecular formula is C11H12N4O. The van der Waals surface area contributed by atoms with Crippen LogP contribution in [0.25, 0.3) is 0 Å².